The molecule has 18 heavy (non-hydrogen) atoms. The molecular formula is C14H22N2O2. The molecule has 4 N–H and O–H groups in total. The molecular weight excluding hydrogens is 228 g/mol. The van der Waals surface area contributed by atoms with E-state index in [1.807, 2.05) is 38.1 Å². The molecule has 0 aromatic heterocycles. The van der Waals surface area contributed by atoms with Crippen LogP contribution in [0.15, 0.2) is 24.3 Å². The summed E-state index contributed by atoms with van der Waals surface area (Å²) in [5.74, 6) is 0.225. The maximum absolute atomic E-state index is 10.8. The Bertz CT molecular complexity index is 399. The smallest absolute Gasteiger partial charge is 0.405 e. The van der Waals surface area contributed by atoms with Crippen molar-refractivity contribution >= 4 is 11.8 Å². The fourth-order valence-electron chi connectivity index (χ4n) is 1.77. The van der Waals surface area contributed by atoms with Crippen molar-refractivity contribution in [2.24, 2.45) is 11.7 Å². The highest BCUT2D eigenvalue weighted by Gasteiger charge is 2.28. The van der Waals surface area contributed by atoms with Crippen molar-refractivity contribution in [3.8, 4) is 0 Å². The average Bonchev–Trinajstić information content (AvgIpc) is 2.26. The number of hydrogen-bond acceptors (Lipinski definition) is 3. The van der Waals surface area contributed by atoms with E-state index in [4.69, 9.17) is 16.2 Å². The summed E-state index contributed by atoms with van der Waals surface area (Å²) < 4.78 is 5.13. The Morgan fingerprint density at radius 2 is 1.89 bits per heavy atom. The third-order valence-corrected chi connectivity index (χ3v) is 3.40. The lowest BCUT2D eigenvalue weighted by molar-refractivity contribution is 0.00211. The molecule has 0 heterocycles. The lowest BCUT2D eigenvalue weighted by Crippen LogP contribution is -2.37. The first-order valence-corrected chi connectivity index (χ1v) is 6.14. The monoisotopic (exact) mass is 250 g/mol. The summed E-state index contributed by atoms with van der Waals surface area (Å²) in [6.07, 6.45) is 1.12. The molecule has 1 amide bonds. The summed E-state index contributed by atoms with van der Waals surface area (Å²) in [6.45, 7) is 5.82. The van der Waals surface area contributed by atoms with Gasteiger partial charge >= 0.3 is 6.09 Å². The summed E-state index contributed by atoms with van der Waals surface area (Å²) in [5.41, 5.74) is 12.2. The molecule has 0 saturated carbocycles. The molecule has 0 aliphatic rings. The van der Waals surface area contributed by atoms with Crippen LogP contribution in [0.3, 0.4) is 0 Å². The van der Waals surface area contributed by atoms with Crippen LogP contribution in [0.25, 0.3) is 0 Å². The van der Waals surface area contributed by atoms with Gasteiger partial charge in [0.25, 0.3) is 0 Å². The van der Waals surface area contributed by atoms with Crippen molar-refractivity contribution < 1.29 is 9.53 Å². The Labute approximate surface area is 108 Å². The minimum absolute atomic E-state index is 0.225. The first-order valence-electron chi connectivity index (χ1n) is 6.14. The van der Waals surface area contributed by atoms with Gasteiger partial charge in [-0.05, 0) is 50.3 Å². The quantitative estimate of drug-likeness (QED) is 0.789. The number of carbonyl (C=O) groups is 1. The zero-order chi connectivity index (χ0) is 13.8. The van der Waals surface area contributed by atoms with E-state index in [9.17, 15) is 4.79 Å². The van der Waals surface area contributed by atoms with Crippen molar-refractivity contribution in [3.63, 3.8) is 0 Å². The standard InChI is InChI=1S/C14H22N2O2/c1-10(14(2,3)18-13(16)17)4-5-11-6-8-12(15)9-7-11/h6-10H,4-5,15H2,1-3H3,(H2,16,17). The van der Waals surface area contributed by atoms with Crippen LogP contribution in [-0.2, 0) is 11.2 Å². The normalized spacial score (nSPS) is 13.1. The highest BCUT2D eigenvalue weighted by Crippen LogP contribution is 2.25. The number of amides is 1. The van der Waals surface area contributed by atoms with Crippen LogP contribution < -0.4 is 11.5 Å². The first-order chi connectivity index (χ1) is 8.31. The Hall–Kier alpha value is -1.71. The zero-order valence-corrected chi connectivity index (χ0v) is 11.3. The van der Waals surface area contributed by atoms with Crippen LogP contribution in [0.1, 0.15) is 32.8 Å². The van der Waals surface area contributed by atoms with Crippen molar-refractivity contribution in [2.45, 2.75) is 39.2 Å². The van der Waals surface area contributed by atoms with Crippen LogP contribution in [0, 0.1) is 5.92 Å². The van der Waals surface area contributed by atoms with Crippen molar-refractivity contribution in [1.29, 1.82) is 0 Å². The number of benzene rings is 1. The van der Waals surface area contributed by atoms with Crippen LogP contribution >= 0.6 is 0 Å². The number of hydrogen-bond donors (Lipinski definition) is 2. The fourth-order valence-corrected chi connectivity index (χ4v) is 1.77. The molecule has 0 aliphatic carbocycles. The van der Waals surface area contributed by atoms with Gasteiger partial charge in [-0.25, -0.2) is 4.79 Å². The summed E-state index contributed by atoms with van der Waals surface area (Å²) in [6, 6.07) is 7.82. The molecule has 4 nitrogen and oxygen atoms in total. The number of ether oxygens (including phenoxy) is 1. The van der Waals surface area contributed by atoms with E-state index in [-0.39, 0.29) is 5.92 Å². The molecule has 4 heteroatoms. The molecule has 1 aromatic rings. The zero-order valence-electron chi connectivity index (χ0n) is 11.3. The Balaban J connectivity index is 2.52. The second-order valence-corrected chi connectivity index (χ2v) is 5.21. The molecule has 1 atom stereocenters. The number of nitrogen functional groups attached to an aromatic ring is 1. The third kappa shape index (κ3) is 4.28. The number of primary amides is 1. The van der Waals surface area contributed by atoms with Gasteiger partial charge in [0.1, 0.15) is 5.60 Å². The third-order valence-electron chi connectivity index (χ3n) is 3.40. The maximum Gasteiger partial charge on any atom is 0.405 e. The topological polar surface area (TPSA) is 78.3 Å². The summed E-state index contributed by atoms with van der Waals surface area (Å²) in [7, 11) is 0. The molecule has 0 saturated heterocycles. The van der Waals surface area contributed by atoms with Crippen molar-refractivity contribution in [3.05, 3.63) is 29.8 Å². The number of rotatable bonds is 5. The Morgan fingerprint density at radius 1 is 1.33 bits per heavy atom. The van der Waals surface area contributed by atoms with Crippen molar-refractivity contribution in [2.75, 3.05) is 5.73 Å². The number of anilines is 1. The van der Waals surface area contributed by atoms with Crippen LogP contribution in [0.2, 0.25) is 0 Å². The van der Waals surface area contributed by atoms with E-state index in [2.05, 4.69) is 6.92 Å². The van der Waals surface area contributed by atoms with Gasteiger partial charge in [-0.3, -0.25) is 0 Å². The van der Waals surface area contributed by atoms with Gasteiger partial charge < -0.3 is 16.2 Å². The molecule has 1 unspecified atom stereocenters. The Morgan fingerprint density at radius 3 is 2.39 bits per heavy atom. The van der Waals surface area contributed by atoms with E-state index >= 15 is 0 Å². The predicted molar refractivity (Wildman–Crippen MR) is 73.1 cm³/mol. The number of aryl methyl sites for hydroxylation is 1. The van der Waals surface area contributed by atoms with E-state index in [0.717, 1.165) is 18.5 Å². The van der Waals surface area contributed by atoms with Gasteiger partial charge in [0.15, 0.2) is 0 Å². The van der Waals surface area contributed by atoms with Crippen LogP contribution in [0.5, 0.6) is 0 Å². The van der Waals surface area contributed by atoms with E-state index in [0.29, 0.717) is 0 Å². The second-order valence-electron chi connectivity index (χ2n) is 5.21. The molecule has 1 aromatic carbocycles. The van der Waals surface area contributed by atoms with E-state index in [1.54, 1.807) is 0 Å². The van der Waals surface area contributed by atoms with E-state index in [1.165, 1.54) is 5.56 Å². The summed E-state index contributed by atoms with van der Waals surface area (Å²) in [5, 5.41) is 0. The van der Waals surface area contributed by atoms with Gasteiger partial charge in [-0.15, -0.1) is 0 Å². The predicted octanol–water partition coefficient (Wildman–Crippen LogP) is 2.71. The number of nitrogens with two attached hydrogens (primary N) is 2. The molecule has 0 radical (unpaired) electrons. The molecule has 0 fully saturated rings. The summed E-state index contributed by atoms with van der Waals surface area (Å²) in [4.78, 5) is 10.8. The molecule has 1 rings (SSSR count). The highest BCUT2D eigenvalue weighted by molar-refractivity contribution is 5.65. The van der Waals surface area contributed by atoms with E-state index < -0.39 is 11.7 Å². The fraction of sp³-hybridized carbons (Fsp3) is 0.500. The van der Waals surface area contributed by atoms with Gasteiger partial charge in [0.05, 0.1) is 0 Å². The van der Waals surface area contributed by atoms with Crippen LogP contribution in [-0.4, -0.2) is 11.7 Å². The molecule has 0 aliphatic heterocycles. The molecule has 100 valence electrons. The van der Waals surface area contributed by atoms with Gasteiger partial charge in [-0.1, -0.05) is 19.1 Å². The van der Waals surface area contributed by atoms with Gasteiger partial charge in [0, 0.05) is 5.69 Å². The SMILES string of the molecule is CC(CCc1ccc(N)cc1)C(C)(C)OC(N)=O. The lowest BCUT2D eigenvalue weighted by atomic mass is 9.87. The number of carbonyl (C=O) groups excluding carboxylic acids is 1. The van der Waals surface area contributed by atoms with Crippen LogP contribution in [0.4, 0.5) is 10.5 Å². The first kappa shape index (κ1) is 14.4. The molecule has 0 bridgehead atoms. The largest absolute Gasteiger partial charge is 0.443 e. The minimum atomic E-state index is -0.723. The Kier molecular flexibility index (Phi) is 4.59. The highest BCUT2D eigenvalue weighted by atomic mass is 16.6. The lowest BCUT2D eigenvalue weighted by Gasteiger charge is -2.30. The van der Waals surface area contributed by atoms with Gasteiger partial charge in [0.2, 0.25) is 0 Å². The average molecular weight is 250 g/mol. The maximum atomic E-state index is 10.8. The molecule has 0 spiro atoms. The van der Waals surface area contributed by atoms with Gasteiger partial charge in [-0.2, -0.15) is 0 Å². The van der Waals surface area contributed by atoms with Crippen molar-refractivity contribution in [1.82, 2.24) is 0 Å². The minimum Gasteiger partial charge on any atom is -0.443 e. The summed E-state index contributed by atoms with van der Waals surface area (Å²) >= 11 is 0. The second kappa shape index (κ2) is 5.76.